The van der Waals surface area contributed by atoms with Gasteiger partial charge in [-0.15, -0.1) is 0 Å². The molecule has 0 saturated heterocycles. The van der Waals surface area contributed by atoms with Crippen molar-refractivity contribution in [1.82, 2.24) is 0 Å². The van der Waals surface area contributed by atoms with Crippen LogP contribution >= 0.6 is 0 Å². The van der Waals surface area contributed by atoms with E-state index in [2.05, 4.69) is 40.7 Å². The predicted octanol–water partition coefficient (Wildman–Crippen LogP) is 7.22. The van der Waals surface area contributed by atoms with Gasteiger partial charge in [-0.25, -0.2) is 4.18 Å². The molecule has 3 fully saturated rings. The van der Waals surface area contributed by atoms with Gasteiger partial charge in [0.15, 0.2) is 0 Å². The molecule has 5 heteroatoms. The molecular weight excluding hydrogens is 420 g/mol. The summed E-state index contributed by atoms with van der Waals surface area (Å²) in [5, 5.41) is 0. The molecule has 4 aliphatic carbocycles. The minimum atomic E-state index is -4.38. The first kappa shape index (κ1) is 24.7. The predicted molar refractivity (Wildman–Crippen MR) is 129 cm³/mol. The first-order chi connectivity index (χ1) is 14.9. The zero-order valence-corrected chi connectivity index (χ0v) is 21.8. The number of rotatable bonds is 7. The zero-order valence-electron chi connectivity index (χ0n) is 21.0. The summed E-state index contributed by atoms with van der Waals surface area (Å²) in [4.78, 5) is 0. The lowest BCUT2D eigenvalue weighted by Gasteiger charge is -2.58. The van der Waals surface area contributed by atoms with Crippen molar-refractivity contribution in [3.8, 4) is 0 Å². The van der Waals surface area contributed by atoms with Gasteiger partial charge in [0.25, 0.3) is 0 Å². The highest BCUT2D eigenvalue weighted by molar-refractivity contribution is 7.80. The summed E-state index contributed by atoms with van der Waals surface area (Å²) in [5.74, 6) is 4.83. The summed E-state index contributed by atoms with van der Waals surface area (Å²) in [5.41, 5.74) is 2.05. The van der Waals surface area contributed by atoms with Gasteiger partial charge in [-0.05, 0) is 97.7 Å². The molecule has 0 bridgehead atoms. The SMILES string of the molecule is CC(C)CCC[C@@H](C)C1CC[C@H]2[C@@H]3CC=C4C[C@@H](OS(=O)(=O)O)CC[C@]4(C)[C@H]3CC[C@]12C. The van der Waals surface area contributed by atoms with Gasteiger partial charge < -0.3 is 0 Å². The normalized spacial score (nSPS) is 42.7. The molecule has 1 N–H and O–H groups in total. The van der Waals surface area contributed by atoms with E-state index >= 15 is 0 Å². The van der Waals surface area contributed by atoms with E-state index in [9.17, 15) is 8.42 Å². The van der Waals surface area contributed by atoms with Gasteiger partial charge in [0.1, 0.15) is 0 Å². The van der Waals surface area contributed by atoms with E-state index in [1.54, 1.807) is 0 Å². The van der Waals surface area contributed by atoms with Gasteiger partial charge in [-0.3, -0.25) is 4.55 Å². The summed E-state index contributed by atoms with van der Waals surface area (Å²) < 4.78 is 36.6. The molecule has 4 aliphatic rings. The third kappa shape index (κ3) is 4.60. The summed E-state index contributed by atoms with van der Waals surface area (Å²) in [6.07, 6.45) is 15.1. The zero-order chi connectivity index (χ0) is 23.3. The highest BCUT2D eigenvalue weighted by atomic mass is 32.3. The smallest absolute Gasteiger partial charge is 0.264 e. The minimum Gasteiger partial charge on any atom is -0.264 e. The molecule has 0 aromatic rings. The van der Waals surface area contributed by atoms with Gasteiger partial charge in [0.2, 0.25) is 0 Å². The molecule has 3 saturated carbocycles. The van der Waals surface area contributed by atoms with Crippen LogP contribution in [0.25, 0.3) is 0 Å². The monoisotopic (exact) mass is 466 g/mol. The summed E-state index contributed by atoms with van der Waals surface area (Å²) in [6.45, 7) is 12.3. The maximum atomic E-state index is 11.2. The highest BCUT2D eigenvalue weighted by Crippen LogP contribution is 2.67. The van der Waals surface area contributed by atoms with E-state index < -0.39 is 16.5 Å². The van der Waals surface area contributed by atoms with Crippen LogP contribution in [0.15, 0.2) is 11.6 Å². The Labute approximate surface area is 196 Å². The third-order valence-corrected chi connectivity index (χ3v) is 11.0. The Morgan fingerprint density at radius 2 is 1.81 bits per heavy atom. The maximum absolute atomic E-state index is 11.2. The lowest BCUT2D eigenvalue weighted by atomic mass is 9.47. The molecular formula is C27H46O4S. The van der Waals surface area contributed by atoms with Crippen molar-refractivity contribution in [3.05, 3.63) is 11.6 Å². The molecule has 32 heavy (non-hydrogen) atoms. The molecule has 1 unspecified atom stereocenters. The third-order valence-electron chi connectivity index (χ3n) is 10.5. The summed E-state index contributed by atoms with van der Waals surface area (Å²) in [6, 6.07) is 0. The Morgan fingerprint density at radius 3 is 2.50 bits per heavy atom. The van der Waals surface area contributed by atoms with Crippen molar-refractivity contribution < 1.29 is 17.2 Å². The van der Waals surface area contributed by atoms with Crippen LogP contribution in [0.3, 0.4) is 0 Å². The highest BCUT2D eigenvalue weighted by Gasteiger charge is 2.59. The van der Waals surface area contributed by atoms with Crippen LogP contribution in [-0.4, -0.2) is 19.1 Å². The number of allylic oxidation sites excluding steroid dienone is 1. The van der Waals surface area contributed by atoms with Crippen LogP contribution in [0.5, 0.6) is 0 Å². The molecule has 0 aliphatic heterocycles. The topological polar surface area (TPSA) is 63.6 Å². The van der Waals surface area contributed by atoms with Crippen molar-refractivity contribution in [1.29, 1.82) is 0 Å². The van der Waals surface area contributed by atoms with E-state index in [1.807, 2.05) is 0 Å². The van der Waals surface area contributed by atoms with Gasteiger partial charge >= 0.3 is 10.4 Å². The molecule has 4 nitrogen and oxygen atoms in total. The van der Waals surface area contributed by atoms with Crippen LogP contribution in [0.2, 0.25) is 0 Å². The first-order valence-electron chi connectivity index (χ1n) is 13.3. The fourth-order valence-corrected chi connectivity index (χ4v) is 9.41. The second kappa shape index (κ2) is 9.00. The molecule has 184 valence electrons. The molecule has 0 radical (unpaired) electrons. The number of fused-ring (bicyclic) bond motifs is 5. The average Bonchev–Trinajstić information content (AvgIpc) is 3.04. The minimum absolute atomic E-state index is 0.171. The van der Waals surface area contributed by atoms with Gasteiger partial charge in [-0.2, -0.15) is 8.42 Å². The fourth-order valence-electron chi connectivity index (χ4n) is 8.91. The first-order valence-corrected chi connectivity index (χ1v) is 14.7. The Hall–Kier alpha value is -0.390. The molecule has 0 spiro atoms. The molecule has 8 atom stereocenters. The molecule has 0 aromatic heterocycles. The van der Waals surface area contributed by atoms with E-state index in [1.165, 1.54) is 50.5 Å². The molecule has 0 amide bonds. The van der Waals surface area contributed by atoms with Crippen LogP contribution in [0, 0.1) is 46.3 Å². The second-order valence-electron chi connectivity index (χ2n) is 12.7. The Bertz CT molecular complexity index is 818. The van der Waals surface area contributed by atoms with Crippen molar-refractivity contribution in [3.63, 3.8) is 0 Å². The van der Waals surface area contributed by atoms with Crippen LogP contribution < -0.4 is 0 Å². The van der Waals surface area contributed by atoms with Crippen LogP contribution in [-0.2, 0) is 14.6 Å². The molecule has 0 aromatic carbocycles. The summed E-state index contributed by atoms with van der Waals surface area (Å²) >= 11 is 0. The van der Waals surface area contributed by atoms with Gasteiger partial charge in [0, 0.05) is 0 Å². The molecule has 0 heterocycles. The van der Waals surface area contributed by atoms with Crippen molar-refractivity contribution in [2.45, 2.75) is 111 Å². The van der Waals surface area contributed by atoms with Crippen molar-refractivity contribution in [2.75, 3.05) is 0 Å². The summed E-state index contributed by atoms with van der Waals surface area (Å²) in [7, 11) is -4.38. The van der Waals surface area contributed by atoms with E-state index in [0.29, 0.717) is 24.2 Å². The van der Waals surface area contributed by atoms with Gasteiger partial charge in [0.05, 0.1) is 6.10 Å². The van der Waals surface area contributed by atoms with Crippen molar-refractivity contribution in [2.24, 2.45) is 46.3 Å². The lowest BCUT2D eigenvalue weighted by molar-refractivity contribution is -0.0560. The van der Waals surface area contributed by atoms with E-state index in [0.717, 1.165) is 42.4 Å². The Kier molecular flexibility index (Phi) is 6.95. The number of hydrogen-bond donors (Lipinski definition) is 1. The lowest BCUT2D eigenvalue weighted by Crippen LogP contribution is -2.51. The van der Waals surface area contributed by atoms with E-state index in [-0.39, 0.29) is 5.41 Å². The van der Waals surface area contributed by atoms with E-state index in [4.69, 9.17) is 8.74 Å². The van der Waals surface area contributed by atoms with Crippen LogP contribution in [0.4, 0.5) is 0 Å². The van der Waals surface area contributed by atoms with Gasteiger partial charge in [-0.1, -0.05) is 65.5 Å². The standard InChI is InChI=1S/C27H46O4S/c1-18(2)7-6-8-19(3)23-11-12-24-22-10-9-20-17-21(31-32(28,29)30)13-15-26(20,4)25(22)14-16-27(23,24)5/h9,18-19,21-25H,6-8,10-17H2,1-5H3,(H,28,29,30)/t19-,21+,22+,23?,24+,25+,26+,27-/m1/s1. The van der Waals surface area contributed by atoms with Crippen molar-refractivity contribution >= 4 is 10.4 Å². The Morgan fingerprint density at radius 1 is 1.06 bits per heavy atom. The number of hydrogen-bond acceptors (Lipinski definition) is 3. The largest absolute Gasteiger partial charge is 0.397 e. The second-order valence-corrected chi connectivity index (χ2v) is 13.7. The van der Waals surface area contributed by atoms with Crippen LogP contribution in [0.1, 0.15) is 105 Å². The average molecular weight is 467 g/mol. The Balaban J connectivity index is 1.47. The molecule has 4 rings (SSSR count). The maximum Gasteiger partial charge on any atom is 0.397 e. The fraction of sp³-hybridized carbons (Fsp3) is 0.926. The quantitative estimate of drug-likeness (QED) is 0.318.